The molecule has 0 aromatic rings. The average molecular weight is 204 g/mol. The summed E-state index contributed by atoms with van der Waals surface area (Å²) < 4.78 is 46.2. The number of alkyl halides is 2. The minimum absolute atomic E-state index is 0.398. The molecule has 2 N–H and O–H groups in total. The van der Waals surface area contributed by atoms with Crippen LogP contribution in [0.4, 0.5) is 8.78 Å². The molecule has 0 aliphatic rings. The first-order valence-corrected chi connectivity index (χ1v) is 5.04. The van der Waals surface area contributed by atoms with E-state index in [9.17, 15) is 17.2 Å². The molecule has 0 unspecified atom stereocenters. The summed E-state index contributed by atoms with van der Waals surface area (Å²) in [5.41, 5.74) is 4.90. The highest BCUT2D eigenvalue weighted by Crippen LogP contribution is 2.08. The van der Waals surface area contributed by atoms with E-state index in [1.807, 2.05) is 0 Å². The molecule has 0 atom stereocenters. The fourth-order valence-electron chi connectivity index (χ4n) is 0.203. The Labute approximate surface area is 66.9 Å². The van der Waals surface area contributed by atoms with Crippen LogP contribution >= 0.6 is 11.8 Å². The fraction of sp³-hybridized carbons (Fsp3) is 0.667. The van der Waals surface area contributed by atoms with E-state index in [4.69, 9.17) is 5.73 Å². The van der Waals surface area contributed by atoms with Crippen LogP contribution in [0.5, 0.6) is 0 Å². The van der Waals surface area contributed by atoms with Gasteiger partial charge >= 0.3 is 15.8 Å². The number of hydrogen-bond acceptors (Lipinski definition) is 3. The third kappa shape index (κ3) is 3.51. The van der Waals surface area contributed by atoms with Crippen LogP contribution in [0.3, 0.4) is 0 Å². The van der Waals surface area contributed by atoms with Gasteiger partial charge in [-0.25, -0.2) is 0 Å². The standard InChI is InChI=1S/C3H6F2N2O2S2/c1-10-3(6)7-11(8,9)2(4)5/h2H,1H3,(H2,6,7). The lowest BCUT2D eigenvalue weighted by Crippen LogP contribution is -2.14. The van der Waals surface area contributed by atoms with Crippen LogP contribution in [0.25, 0.3) is 0 Å². The van der Waals surface area contributed by atoms with Crippen molar-refractivity contribution >= 4 is 27.0 Å². The highest BCUT2D eigenvalue weighted by Gasteiger charge is 2.23. The van der Waals surface area contributed by atoms with Gasteiger partial charge in [0.2, 0.25) is 0 Å². The number of rotatable bonds is 2. The molecule has 0 aliphatic heterocycles. The third-order valence-electron chi connectivity index (χ3n) is 0.652. The molecule has 0 radical (unpaired) electrons. The highest BCUT2D eigenvalue weighted by molar-refractivity contribution is 8.13. The smallest absolute Gasteiger partial charge is 0.357 e. The summed E-state index contributed by atoms with van der Waals surface area (Å²) in [6.45, 7) is 0. The van der Waals surface area contributed by atoms with Gasteiger partial charge < -0.3 is 5.73 Å². The Morgan fingerprint density at radius 2 is 2.09 bits per heavy atom. The van der Waals surface area contributed by atoms with Crippen molar-refractivity contribution in [2.24, 2.45) is 10.1 Å². The first kappa shape index (κ1) is 10.6. The van der Waals surface area contributed by atoms with Crippen molar-refractivity contribution in [2.75, 3.05) is 6.26 Å². The predicted octanol–water partition coefficient (Wildman–Crippen LogP) is 0.217. The van der Waals surface area contributed by atoms with E-state index < -0.39 is 20.9 Å². The summed E-state index contributed by atoms with van der Waals surface area (Å²) in [5.74, 6) is -3.51. The number of hydrogen-bond donors (Lipinski definition) is 1. The molecular formula is C3H6F2N2O2S2. The van der Waals surface area contributed by atoms with Gasteiger partial charge in [0.1, 0.15) is 0 Å². The van der Waals surface area contributed by atoms with Crippen molar-refractivity contribution in [3.63, 3.8) is 0 Å². The summed E-state index contributed by atoms with van der Waals surface area (Å²) in [5, 5.41) is -0.398. The van der Waals surface area contributed by atoms with Crippen LogP contribution in [0.15, 0.2) is 4.40 Å². The van der Waals surface area contributed by atoms with Gasteiger partial charge in [0.15, 0.2) is 5.17 Å². The number of nitrogens with two attached hydrogens (primary N) is 1. The summed E-state index contributed by atoms with van der Waals surface area (Å²) in [6.07, 6.45) is 1.43. The molecule has 0 aromatic heterocycles. The summed E-state index contributed by atoms with van der Waals surface area (Å²) >= 11 is 0.784. The molecule has 8 heteroatoms. The Balaban J connectivity index is 4.62. The minimum Gasteiger partial charge on any atom is -0.378 e. The quantitative estimate of drug-likeness (QED) is 0.515. The van der Waals surface area contributed by atoms with Gasteiger partial charge in [-0.2, -0.15) is 17.2 Å². The lowest BCUT2D eigenvalue weighted by molar-refractivity contribution is 0.235. The van der Waals surface area contributed by atoms with Crippen LogP contribution < -0.4 is 5.73 Å². The minimum atomic E-state index is -4.70. The third-order valence-corrected chi connectivity index (χ3v) is 2.18. The largest absolute Gasteiger partial charge is 0.378 e. The summed E-state index contributed by atoms with van der Waals surface area (Å²) in [6, 6.07) is 0. The van der Waals surface area contributed by atoms with Crippen molar-refractivity contribution in [1.29, 1.82) is 0 Å². The van der Waals surface area contributed by atoms with Gasteiger partial charge in [-0.1, -0.05) is 11.8 Å². The number of sulfonamides is 1. The first-order chi connectivity index (χ1) is 4.90. The van der Waals surface area contributed by atoms with Gasteiger partial charge in [-0.15, -0.1) is 4.40 Å². The van der Waals surface area contributed by atoms with Crippen molar-refractivity contribution in [1.82, 2.24) is 0 Å². The van der Waals surface area contributed by atoms with Crippen LogP contribution in [0, 0.1) is 0 Å². The van der Waals surface area contributed by atoms with Gasteiger partial charge in [-0.3, -0.25) is 0 Å². The average Bonchev–Trinajstić information content (AvgIpc) is 1.86. The molecule has 0 rings (SSSR count). The molecule has 0 fully saturated rings. The van der Waals surface area contributed by atoms with Gasteiger partial charge in [0.05, 0.1) is 0 Å². The molecule has 0 aromatic carbocycles. The molecule has 66 valence electrons. The molecule has 0 heterocycles. The van der Waals surface area contributed by atoms with Gasteiger partial charge in [0.25, 0.3) is 0 Å². The Morgan fingerprint density at radius 3 is 2.36 bits per heavy atom. The van der Waals surface area contributed by atoms with E-state index in [0.717, 1.165) is 11.8 Å². The predicted molar refractivity (Wildman–Crippen MR) is 40.1 cm³/mol. The summed E-state index contributed by atoms with van der Waals surface area (Å²) in [7, 11) is -4.70. The Kier molecular flexibility index (Phi) is 3.73. The number of halogens is 2. The van der Waals surface area contributed by atoms with Crippen LogP contribution in [-0.2, 0) is 10.0 Å². The maximum atomic E-state index is 11.5. The second kappa shape index (κ2) is 3.86. The van der Waals surface area contributed by atoms with Crippen molar-refractivity contribution < 1.29 is 17.2 Å². The topological polar surface area (TPSA) is 72.5 Å². The van der Waals surface area contributed by atoms with E-state index >= 15 is 0 Å². The number of amidine groups is 1. The SMILES string of the molecule is CSC(N)=NS(=O)(=O)C(F)F. The summed E-state index contributed by atoms with van der Waals surface area (Å²) in [4.78, 5) is 0. The number of nitrogens with zero attached hydrogens (tertiary/aromatic N) is 1. The molecule has 11 heavy (non-hydrogen) atoms. The van der Waals surface area contributed by atoms with Gasteiger partial charge in [0, 0.05) is 0 Å². The van der Waals surface area contributed by atoms with E-state index in [-0.39, 0.29) is 0 Å². The molecule has 0 saturated heterocycles. The maximum Gasteiger partial charge on any atom is 0.357 e. The lowest BCUT2D eigenvalue weighted by atomic mass is 11.4. The second-order valence-electron chi connectivity index (χ2n) is 1.41. The zero-order valence-corrected chi connectivity index (χ0v) is 7.12. The van der Waals surface area contributed by atoms with E-state index in [2.05, 4.69) is 4.40 Å². The van der Waals surface area contributed by atoms with Crippen LogP contribution in [0.2, 0.25) is 0 Å². The fourth-order valence-corrected chi connectivity index (χ4v) is 1.14. The molecule has 0 amide bonds. The highest BCUT2D eigenvalue weighted by atomic mass is 32.2. The molecule has 0 bridgehead atoms. The van der Waals surface area contributed by atoms with Crippen molar-refractivity contribution in [3.05, 3.63) is 0 Å². The normalized spacial score (nSPS) is 14.0. The van der Waals surface area contributed by atoms with Gasteiger partial charge in [-0.05, 0) is 6.26 Å². The molecule has 0 saturated carbocycles. The molecular weight excluding hydrogens is 198 g/mol. The van der Waals surface area contributed by atoms with E-state index in [0.29, 0.717) is 0 Å². The van der Waals surface area contributed by atoms with E-state index in [1.54, 1.807) is 0 Å². The van der Waals surface area contributed by atoms with Crippen molar-refractivity contribution in [3.8, 4) is 0 Å². The zero-order chi connectivity index (χ0) is 9.07. The van der Waals surface area contributed by atoms with E-state index in [1.165, 1.54) is 6.26 Å². The maximum absolute atomic E-state index is 11.5. The Morgan fingerprint density at radius 1 is 1.64 bits per heavy atom. The Hall–Kier alpha value is -0.370. The van der Waals surface area contributed by atoms with Crippen LogP contribution in [0.1, 0.15) is 0 Å². The first-order valence-electron chi connectivity index (χ1n) is 2.31. The Bertz CT molecular complexity index is 248. The molecule has 0 spiro atoms. The van der Waals surface area contributed by atoms with Crippen molar-refractivity contribution in [2.45, 2.75) is 5.76 Å². The molecule has 0 aliphatic carbocycles. The second-order valence-corrected chi connectivity index (χ2v) is 3.80. The monoisotopic (exact) mass is 204 g/mol. The molecule has 4 nitrogen and oxygen atoms in total. The lowest BCUT2D eigenvalue weighted by Gasteiger charge is -1.96. The van der Waals surface area contributed by atoms with Crippen LogP contribution in [-0.4, -0.2) is 25.6 Å². The number of thioether (sulfide) groups is 1. The zero-order valence-electron chi connectivity index (χ0n) is 5.49.